The van der Waals surface area contributed by atoms with Gasteiger partial charge in [-0.2, -0.15) is 0 Å². The van der Waals surface area contributed by atoms with E-state index in [1.165, 1.54) is 0 Å². The van der Waals surface area contributed by atoms with E-state index in [-0.39, 0.29) is 13.0 Å². The van der Waals surface area contributed by atoms with Gasteiger partial charge in [0.25, 0.3) is 0 Å². The van der Waals surface area contributed by atoms with Crippen molar-refractivity contribution < 1.29 is 34.4 Å². The van der Waals surface area contributed by atoms with Crippen molar-refractivity contribution in [1.29, 1.82) is 0 Å². The fraction of sp³-hybridized carbons (Fsp3) is 0.211. The van der Waals surface area contributed by atoms with Gasteiger partial charge in [0.15, 0.2) is 0 Å². The molecule has 0 aliphatic rings. The third-order valence-corrected chi connectivity index (χ3v) is 3.75. The minimum atomic E-state index is -3.63. The summed E-state index contributed by atoms with van der Waals surface area (Å²) in [6.07, 6.45) is -1.13. The Morgan fingerprint density at radius 1 is 0.926 bits per heavy atom. The van der Waals surface area contributed by atoms with Crippen LogP contribution in [0.15, 0.2) is 60.7 Å². The molecule has 8 nitrogen and oxygen atoms in total. The van der Waals surface area contributed by atoms with Crippen LogP contribution in [0, 0.1) is 0 Å². The Morgan fingerprint density at radius 3 is 1.96 bits per heavy atom. The van der Waals surface area contributed by atoms with E-state index in [2.05, 4.69) is 5.32 Å². The van der Waals surface area contributed by atoms with Crippen molar-refractivity contribution in [3.63, 3.8) is 0 Å². The zero-order chi connectivity index (χ0) is 19.9. The average molecular weight is 373 g/mol. The number of carbonyl (C=O) groups excluding carboxylic acids is 2. The number of benzene rings is 2. The molecule has 0 aliphatic carbocycles. The number of ketones is 1. The third kappa shape index (κ3) is 5.63. The maximum Gasteiger partial charge on any atom is 0.408 e. The van der Waals surface area contributed by atoms with Crippen LogP contribution in [0.5, 0.6) is 0 Å². The van der Waals surface area contributed by atoms with E-state index >= 15 is 0 Å². The summed E-state index contributed by atoms with van der Waals surface area (Å²) in [5, 5.41) is 30.1. The summed E-state index contributed by atoms with van der Waals surface area (Å²) < 4.78 is 5.01. The van der Waals surface area contributed by atoms with Gasteiger partial charge in [-0.15, -0.1) is 0 Å². The van der Waals surface area contributed by atoms with Crippen molar-refractivity contribution >= 4 is 17.8 Å². The Kier molecular flexibility index (Phi) is 6.64. The Hall–Kier alpha value is -3.23. The van der Waals surface area contributed by atoms with Gasteiger partial charge in [-0.25, -0.2) is 9.59 Å². The van der Waals surface area contributed by atoms with Gasteiger partial charge < -0.3 is 25.4 Å². The van der Waals surface area contributed by atoms with E-state index in [9.17, 15) is 24.6 Å². The monoisotopic (exact) mass is 373 g/mol. The second-order valence-corrected chi connectivity index (χ2v) is 5.79. The first-order chi connectivity index (χ1) is 12.8. The Labute approximate surface area is 155 Å². The molecule has 27 heavy (non-hydrogen) atoms. The van der Waals surface area contributed by atoms with Crippen LogP contribution in [-0.2, 0) is 27.4 Å². The molecule has 0 fully saturated rings. The molecule has 0 bridgehead atoms. The number of carboxylic acid groups (broad SMARTS) is 1. The van der Waals surface area contributed by atoms with E-state index in [1.54, 1.807) is 60.7 Å². The number of ether oxygens (including phenoxy) is 1. The maximum absolute atomic E-state index is 12.3. The van der Waals surface area contributed by atoms with Gasteiger partial charge in [-0.05, 0) is 11.1 Å². The molecule has 0 saturated carbocycles. The number of rotatable bonds is 8. The molecule has 0 radical (unpaired) electrons. The predicted molar refractivity (Wildman–Crippen MR) is 93.5 cm³/mol. The van der Waals surface area contributed by atoms with Crippen LogP contribution >= 0.6 is 0 Å². The number of Topliss-reactive ketones (excluding diaryl/α,β-unsaturated/α-hetero) is 1. The van der Waals surface area contributed by atoms with Crippen LogP contribution in [0.3, 0.4) is 0 Å². The molecule has 1 atom stereocenters. The molecule has 0 aliphatic heterocycles. The zero-order valence-electron chi connectivity index (χ0n) is 14.2. The molecule has 2 aromatic rings. The molecular weight excluding hydrogens is 354 g/mol. The highest BCUT2D eigenvalue weighted by molar-refractivity contribution is 6.07. The molecule has 142 valence electrons. The van der Waals surface area contributed by atoms with Crippen molar-refractivity contribution in [3.05, 3.63) is 71.8 Å². The second-order valence-electron chi connectivity index (χ2n) is 5.79. The molecule has 0 heterocycles. The highest BCUT2D eigenvalue weighted by Crippen LogP contribution is 2.12. The lowest BCUT2D eigenvalue weighted by Gasteiger charge is -2.23. The quantitative estimate of drug-likeness (QED) is 0.398. The van der Waals surface area contributed by atoms with Gasteiger partial charge in [0.05, 0.1) is 0 Å². The Morgan fingerprint density at radius 2 is 1.44 bits per heavy atom. The summed E-state index contributed by atoms with van der Waals surface area (Å²) in [6.45, 7) is -0.0682. The topological polar surface area (TPSA) is 133 Å². The van der Waals surface area contributed by atoms with Crippen LogP contribution in [-0.4, -0.2) is 45.0 Å². The largest absolute Gasteiger partial charge is 0.477 e. The van der Waals surface area contributed by atoms with E-state index in [1.807, 2.05) is 0 Å². The van der Waals surface area contributed by atoms with Crippen LogP contribution < -0.4 is 5.32 Å². The SMILES string of the molecule is O=C(NC(Cc1ccccc1)C(=O)C(O)(O)C(=O)O)OCc1ccccc1. The van der Waals surface area contributed by atoms with Gasteiger partial charge in [0.2, 0.25) is 5.78 Å². The third-order valence-electron chi connectivity index (χ3n) is 3.75. The molecule has 1 amide bonds. The first-order valence-corrected chi connectivity index (χ1v) is 8.04. The smallest absolute Gasteiger partial charge is 0.408 e. The molecule has 0 aromatic heterocycles. The van der Waals surface area contributed by atoms with Crippen molar-refractivity contribution in [2.45, 2.75) is 24.9 Å². The van der Waals surface area contributed by atoms with E-state index in [0.29, 0.717) is 11.1 Å². The normalized spacial score (nSPS) is 12.1. The molecule has 1 unspecified atom stereocenters. The highest BCUT2D eigenvalue weighted by Gasteiger charge is 2.46. The van der Waals surface area contributed by atoms with Crippen LogP contribution in [0.1, 0.15) is 11.1 Å². The lowest BCUT2D eigenvalue weighted by atomic mass is 9.97. The summed E-state index contributed by atoms with van der Waals surface area (Å²) in [4.78, 5) is 35.2. The summed E-state index contributed by atoms with van der Waals surface area (Å²) in [5.41, 5.74) is 1.29. The average Bonchev–Trinajstić information content (AvgIpc) is 2.66. The fourth-order valence-electron chi connectivity index (χ4n) is 2.31. The molecule has 4 N–H and O–H groups in total. The van der Waals surface area contributed by atoms with Gasteiger partial charge in [0, 0.05) is 6.42 Å². The van der Waals surface area contributed by atoms with Crippen molar-refractivity contribution in [1.82, 2.24) is 5.32 Å². The molecule has 0 spiro atoms. The van der Waals surface area contributed by atoms with Crippen molar-refractivity contribution in [2.75, 3.05) is 0 Å². The van der Waals surface area contributed by atoms with E-state index in [4.69, 9.17) is 9.84 Å². The number of nitrogens with one attached hydrogen (secondary N) is 1. The number of aliphatic carboxylic acids is 1. The first-order valence-electron chi connectivity index (χ1n) is 8.04. The lowest BCUT2D eigenvalue weighted by molar-refractivity contribution is -0.205. The van der Waals surface area contributed by atoms with Crippen molar-refractivity contribution in [2.24, 2.45) is 0 Å². The van der Waals surface area contributed by atoms with Gasteiger partial charge in [0.1, 0.15) is 12.6 Å². The van der Waals surface area contributed by atoms with Crippen LogP contribution in [0.4, 0.5) is 4.79 Å². The van der Waals surface area contributed by atoms with Gasteiger partial charge >= 0.3 is 17.8 Å². The maximum atomic E-state index is 12.3. The zero-order valence-corrected chi connectivity index (χ0v) is 14.2. The number of alkyl carbamates (subject to hydrolysis) is 1. The Bertz CT molecular complexity index is 790. The highest BCUT2D eigenvalue weighted by atomic mass is 16.6. The Balaban J connectivity index is 2.10. The van der Waals surface area contributed by atoms with Gasteiger partial charge in [-0.1, -0.05) is 60.7 Å². The summed E-state index contributed by atoms with van der Waals surface area (Å²) >= 11 is 0. The molecule has 0 saturated heterocycles. The molecule has 2 aromatic carbocycles. The number of hydrogen-bond donors (Lipinski definition) is 4. The predicted octanol–water partition coefficient (Wildman–Crippen LogP) is 0.859. The fourth-order valence-corrected chi connectivity index (χ4v) is 2.31. The number of carbonyl (C=O) groups is 3. The van der Waals surface area contributed by atoms with Crippen LogP contribution in [0.25, 0.3) is 0 Å². The summed E-state index contributed by atoms with van der Waals surface area (Å²) in [5.74, 6) is -7.24. The lowest BCUT2D eigenvalue weighted by Crippen LogP contribution is -2.56. The number of amides is 1. The minimum absolute atomic E-state index is 0.0682. The number of hydrogen-bond acceptors (Lipinski definition) is 6. The van der Waals surface area contributed by atoms with Gasteiger partial charge in [-0.3, -0.25) is 4.79 Å². The molecule has 2 rings (SSSR count). The summed E-state index contributed by atoms with van der Waals surface area (Å²) in [6, 6.07) is 15.7. The van der Waals surface area contributed by atoms with Crippen LogP contribution in [0.2, 0.25) is 0 Å². The van der Waals surface area contributed by atoms with E-state index in [0.717, 1.165) is 0 Å². The molecular formula is C19H19NO7. The minimum Gasteiger partial charge on any atom is -0.477 e. The standard InChI is InChI=1S/C19H19NO7/c21-16(19(25,26)17(22)23)15(11-13-7-3-1-4-8-13)20-18(24)27-12-14-9-5-2-6-10-14/h1-10,15,25-26H,11-12H2,(H,20,24)(H,22,23). The van der Waals surface area contributed by atoms with E-state index < -0.39 is 29.7 Å². The second kappa shape index (κ2) is 8.93. The summed E-state index contributed by atoms with van der Waals surface area (Å²) in [7, 11) is 0. The number of carboxylic acids is 1. The first kappa shape index (κ1) is 20.1. The molecule has 8 heteroatoms. The number of aliphatic hydroxyl groups is 2. The van der Waals surface area contributed by atoms with Crippen molar-refractivity contribution in [3.8, 4) is 0 Å².